The van der Waals surface area contributed by atoms with Gasteiger partial charge in [0.25, 0.3) is 0 Å². The minimum absolute atomic E-state index is 0.0320. The highest BCUT2D eigenvalue weighted by Crippen LogP contribution is 1.99. The molecular formula is C9H17O. The molecule has 0 aliphatic carbocycles. The van der Waals surface area contributed by atoms with Crippen LogP contribution < -0.4 is 0 Å². The Morgan fingerprint density at radius 3 is 2.40 bits per heavy atom. The summed E-state index contributed by atoms with van der Waals surface area (Å²) in [7, 11) is 0. The molecule has 0 spiro atoms. The maximum Gasteiger partial charge on any atom is 0.0856 e. The van der Waals surface area contributed by atoms with Gasteiger partial charge in [0.15, 0.2) is 0 Å². The second-order valence-corrected chi connectivity index (χ2v) is 2.46. The predicted octanol–water partition coefficient (Wildman–Crippen LogP) is 2.94. The molecule has 1 radical (unpaired) electrons. The van der Waals surface area contributed by atoms with Crippen LogP contribution in [0, 0.1) is 0 Å². The summed E-state index contributed by atoms with van der Waals surface area (Å²) in [4.78, 5) is 0. The first-order valence-corrected chi connectivity index (χ1v) is 4.15. The highest BCUT2D eigenvalue weighted by atomic mass is 16.2. The third kappa shape index (κ3) is 7.70. The summed E-state index contributed by atoms with van der Waals surface area (Å²) in [5, 5.41) is 9.97. The Morgan fingerprint density at radius 1 is 1.10 bits per heavy atom. The molecule has 0 aliphatic heterocycles. The van der Waals surface area contributed by atoms with E-state index in [0.29, 0.717) is 6.42 Å². The smallest absolute Gasteiger partial charge is 0.0856 e. The summed E-state index contributed by atoms with van der Waals surface area (Å²) in [6, 6.07) is 0. The minimum atomic E-state index is 0.0320. The lowest BCUT2D eigenvalue weighted by Gasteiger charge is -1.90. The van der Waals surface area contributed by atoms with Crippen LogP contribution in [0.5, 0.6) is 0 Å². The van der Waals surface area contributed by atoms with Gasteiger partial charge in [-0.3, -0.25) is 0 Å². The molecule has 0 saturated carbocycles. The first-order chi connectivity index (χ1) is 4.91. The maximum absolute atomic E-state index is 9.97. The molecule has 1 heteroatoms. The van der Waals surface area contributed by atoms with Gasteiger partial charge in [-0.1, -0.05) is 31.9 Å². The number of rotatable bonds is 6. The van der Waals surface area contributed by atoms with Gasteiger partial charge in [-0.2, -0.15) is 0 Å². The van der Waals surface area contributed by atoms with Crippen molar-refractivity contribution in [3.05, 3.63) is 12.2 Å². The predicted molar refractivity (Wildman–Crippen MR) is 43.5 cm³/mol. The van der Waals surface area contributed by atoms with Gasteiger partial charge in [-0.15, -0.1) is 0 Å². The van der Waals surface area contributed by atoms with Crippen molar-refractivity contribution in [1.29, 1.82) is 0 Å². The Labute approximate surface area is 63.8 Å². The van der Waals surface area contributed by atoms with Gasteiger partial charge in [0.2, 0.25) is 0 Å². The molecular weight excluding hydrogens is 124 g/mol. The van der Waals surface area contributed by atoms with Crippen molar-refractivity contribution in [2.24, 2.45) is 0 Å². The van der Waals surface area contributed by atoms with E-state index in [4.69, 9.17) is 0 Å². The largest absolute Gasteiger partial charge is 0.236 e. The molecule has 0 aliphatic rings. The Morgan fingerprint density at radius 2 is 1.80 bits per heavy atom. The summed E-state index contributed by atoms with van der Waals surface area (Å²) in [5.74, 6) is 0. The maximum atomic E-state index is 9.97. The summed E-state index contributed by atoms with van der Waals surface area (Å²) >= 11 is 0. The van der Waals surface area contributed by atoms with E-state index in [1.807, 2.05) is 6.08 Å². The van der Waals surface area contributed by atoms with Crippen molar-refractivity contribution >= 4 is 0 Å². The molecule has 0 atom stereocenters. The van der Waals surface area contributed by atoms with Gasteiger partial charge < -0.3 is 0 Å². The van der Waals surface area contributed by atoms with Crippen LogP contribution >= 0.6 is 0 Å². The highest BCUT2D eigenvalue weighted by molar-refractivity contribution is 4.80. The summed E-state index contributed by atoms with van der Waals surface area (Å²) in [6.45, 7) is 2.23. The number of hydrogen-bond acceptors (Lipinski definition) is 0. The molecule has 0 aromatic heterocycles. The Bertz CT molecular complexity index is 76.8. The molecule has 0 N–H and O–H groups in total. The SMILES string of the molecule is CCCCC/C=C\CC[O]. The van der Waals surface area contributed by atoms with Crippen LogP contribution in [-0.2, 0) is 5.11 Å². The van der Waals surface area contributed by atoms with E-state index in [2.05, 4.69) is 13.0 Å². The lowest BCUT2D eigenvalue weighted by molar-refractivity contribution is 0.199. The van der Waals surface area contributed by atoms with E-state index < -0.39 is 0 Å². The molecule has 0 aromatic rings. The molecule has 0 aromatic carbocycles. The zero-order valence-corrected chi connectivity index (χ0v) is 6.81. The van der Waals surface area contributed by atoms with Crippen molar-refractivity contribution in [3.8, 4) is 0 Å². The van der Waals surface area contributed by atoms with Crippen LogP contribution in [0.4, 0.5) is 0 Å². The lowest BCUT2D eigenvalue weighted by atomic mass is 10.2. The third-order valence-corrected chi connectivity index (χ3v) is 1.43. The molecule has 0 fully saturated rings. The second kappa shape index (κ2) is 8.70. The molecule has 59 valence electrons. The third-order valence-electron chi connectivity index (χ3n) is 1.43. The van der Waals surface area contributed by atoms with Gasteiger partial charge in [-0.05, 0) is 19.3 Å². The molecule has 0 bridgehead atoms. The van der Waals surface area contributed by atoms with E-state index >= 15 is 0 Å². The van der Waals surface area contributed by atoms with Crippen molar-refractivity contribution in [2.75, 3.05) is 6.61 Å². The normalized spacial score (nSPS) is 11.0. The monoisotopic (exact) mass is 141 g/mol. The van der Waals surface area contributed by atoms with Gasteiger partial charge in [0.05, 0.1) is 6.61 Å². The topological polar surface area (TPSA) is 19.9 Å². The van der Waals surface area contributed by atoms with Crippen molar-refractivity contribution in [3.63, 3.8) is 0 Å². The van der Waals surface area contributed by atoms with Gasteiger partial charge >= 0.3 is 0 Å². The summed E-state index contributed by atoms with van der Waals surface area (Å²) in [5.41, 5.74) is 0. The fourth-order valence-corrected chi connectivity index (χ4v) is 0.816. The van der Waals surface area contributed by atoms with Gasteiger partial charge in [0.1, 0.15) is 0 Å². The van der Waals surface area contributed by atoms with Crippen LogP contribution in [0.3, 0.4) is 0 Å². The molecule has 0 heterocycles. The molecule has 0 saturated heterocycles. The average molecular weight is 141 g/mol. The number of allylic oxidation sites excluding steroid dienone is 1. The molecule has 10 heavy (non-hydrogen) atoms. The second-order valence-electron chi connectivity index (χ2n) is 2.46. The molecule has 1 nitrogen and oxygen atoms in total. The van der Waals surface area contributed by atoms with Crippen molar-refractivity contribution in [2.45, 2.75) is 39.0 Å². The van der Waals surface area contributed by atoms with Gasteiger partial charge in [0, 0.05) is 0 Å². The Hall–Kier alpha value is -0.300. The fraction of sp³-hybridized carbons (Fsp3) is 0.778. The fourth-order valence-electron chi connectivity index (χ4n) is 0.816. The van der Waals surface area contributed by atoms with Crippen LogP contribution in [-0.4, -0.2) is 6.61 Å². The highest BCUT2D eigenvalue weighted by Gasteiger charge is 1.80. The quantitative estimate of drug-likeness (QED) is 0.400. The number of unbranched alkanes of at least 4 members (excludes halogenated alkanes) is 3. The van der Waals surface area contributed by atoms with Crippen LogP contribution in [0.1, 0.15) is 39.0 Å². The molecule has 0 unspecified atom stereocenters. The zero-order valence-electron chi connectivity index (χ0n) is 6.81. The number of hydrogen-bond donors (Lipinski definition) is 0. The Balaban J connectivity index is 2.88. The summed E-state index contributed by atoms with van der Waals surface area (Å²) in [6.07, 6.45) is 9.80. The van der Waals surface area contributed by atoms with Crippen LogP contribution in [0.2, 0.25) is 0 Å². The lowest BCUT2D eigenvalue weighted by Crippen LogP contribution is -1.74. The van der Waals surface area contributed by atoms with E-state index in [1.165, 1.54) is 19.3 Å². The summed E-state index contributed by atoms with van der Waals surface area (Å²) < 4.78 is 0. The van der Waals surface area contributed by atoms with Crippen molar-refractivity contribution in [1.82, 2.24) is 0 Å². The first-order valence-electron chi connectivity index (χ1n) is 4.15. The van der Waals surface area contributed by atoms with E-state index in [1.54, 1.807) is 0 Å². The van der Waals surface area contributed by atoms with E-state index in [0.717, 1.165) is 6.42 Å². The molecule has 0 amide bonds. The standard InChI is InChI=1S/C9H17O/c1-2-3-4-5-6-7-8-9-10/h6-7H,2-5,8-9H2,1H3/b7-6-. The van der Waals surface area contributed by atoms with Crippen LogP contribution in [0.15, 0.2) is 12.2 Å². The van der Waals surface area contributed by atoms with E-state index in [-0.39, 0.29) is 6.61 Å². The van der Waals surface area contributed by atoms with Crippen LogP contribution in [0.25, 0.3) is 0 Å². The zero-order chi connectivity index (χ0) is 7.66. The average Bonchev–Trinajstić information content (AvgIpc) is 1.97. The van der Waals surface area contributed by atoms with Gasteiger partial charge in [-0.25, -0.2) is 5.11 Å². The minimum Gasteiger partial charge on any atom is -0.236 e. The Kier molecular flexibility index (Phi) is 8.44. The molecule has 0 rings (SSSR count). The van der Waals surface area contributed by atoms with Crippen molar-refractivity contribution < 1.29 is 5.11 Å². The first kappa shape index (κ1) is 9.70. The van der Waals surface area contributed by atoms with E-state index in [9.17, 15) is 5.11 Å².